The van der Waals surface area contributed by atoms with Gasteiger partial charge in [-0.2, -0.15) is 4.98 Å². The van der Waals surface area contributed by atoms with Crippen LogP contribution in [0.2, 0.25) is 0 Å². The normalized spacial score (nSPS) is 10.6. The molecule has 8 heteroatoms. The number of aryl methyl sites for hydroxylation is 2. The van der Waals surface area contributed by atoms with Gasteiger partial charge in [-0.15, -0.1) is 11.3 Å². The van der Waals surface area contributed by atoms with Gasteiger partial charge >= 0.3 is 5.97 Å². The van der Waals surface area contributed by atoms with E-state index in [0.29, 0.717) is 17.4 Å². The number of benzene rings is 1. The maximum Gasteiger partial charge on any atom is 0.306 e. The molecule has 0 unspecified atom stereocenters. The van der Waals surface area contributed by atoms with E-state index in [9.17, 15) is 9.59 Å². The number of esters is 1. The molecule has 0 aliphatic carbocycles. The molecule has 0 atom stereocenters. The average molecular weight is 385 g/mol. The largest absolute Gasteiger partial charge is 0.456 e. The first-order valence-electron chi connectivity index (χ1n) is 8.55. The molecule has 3 aromatic rings. The van der Waals surface area contributed by atoms with Crippen molar-refractivity contribution in [2.75, 3.05) is 11.9 Å². The smallest absolute Gasteiger partial charge is 0.306 e. The Bertz CT molecular complexity index is 905. The lowest BCUT2D eigenvalue weighted by molar-refractivity contribution is -0.147. The van der Waals surface area contributed by atoms with Crippen LogP contribution in [0.3, 0.4) is 0 Å². The third-order valence-electron chi connectivity index (χ3n) is 3.74. The van der Waals surface area contributed by atoms with E-state index in [0.717, 1.165) is 16.9 Å². The van der Waals surface area contributed by atoms with Crippen LogP contribution in [0.25, 0.3) is 10.7 Å². The van der Waals surface area contributed by atoms with Gasteiger partial charge in [0.2, 0.25) is 11.7 Å². The third-order valence-corrected chi connectivity index (χ3v) is 4.60. The second-order valence-electron chi connectivity index (χ2n) is 5.75. The number of hydrogen-bond acceptors (Lipinski definition) is 7. The molecule has 1 amide bonds. The van der Waals surface area contributed by atoms with Gasteiger partial charge in [0, 0.05) is 12.1 Å². The predicted molar refractivity (Wildman–Crippen MR) is 101 cm³/mol. The highest BCUT2D eigenvalue weighted by atomic mass is 32.1. The fraction of sp³-hybridized carbons (Fsp3) is 0.263. The Kier molecular flexibility index (Phi) is 6.32. The van der Waals surface area contributed by atoms with Gasteiger partial charge in [-0.25, -0.2) is 0 Å². The van der Waals surface area contributed by atoms with Gasteiger partial charge < -0.3 is 14.6 Å². The summed E-state index contributed by atoms with van der Waals surface area (Å²) in [5, 5.41) is 8.51. The molecule has 3 rings (SSSR count). The zero-order valence-corrected chi connectivity index (χ0v) is 15.6. The Hall–Kier alpha value is -3.00. The highest BCUT2D eigenvalue weighted by Crippen LogP contribution is 2.21. The minimum atomic E-state index is -0.497. The molecular weight excluding hydrogens is 366 g/mol. The van der Waals surface area contributed by atoms with E-state index in [-0.39, 0.29) is 25.4 Å². The zero-order valence-electron chi connectivity index (χ0n) is 14.8. The highest BCUT2D eigenvalue weighted by Gasteiger charge is 2.13. The molecule has 2 heterocycles. The van der Waals surface area contributed by atoms with Gasteiger partial charge in [0.15, 0.2) is 6.61 Å². The van der Waals surface area contributed by atoms with Gasteiger partial charge in [0.25, 0.3) is 5.91 Å². The highest BCUT2D eigenvalue weighted by molar-refractivity contribution is 7.13. The van der Waals surface area contributed by atoms with E-state index >= 15 is 0 Å². The minimum Gasteiger partial charge on any atom is -0.456 e. The van der Waals surface area contributed by atoms with Crippen LogP contribution in [0.4, 0.5) is 5.69 Å². The molecular formula is C19H19N3O4S. The predicted octanol–water partition coefficient (Wildman–Crippen LogP) is 3.48. The van der Waals surface area contributed by atoms with Gasteiger partial charge in [-0.05, 0) is 35.6 Å². The van der Waals surface area contributed by atoms with E-state index in [2.05, 4.69) is 15.5 Å². The van der Waals surface area contributed by atoms with Crippen molar-refractivity contribution in [2.24, 2.45) is 0 Å². The summed E-state index contributed by atoms with van der Waals surface area (Å²) in [4.78, 5) is 28.9. The average Bonchev–Trinajstić information content (AvgIpc) is 3.36. The molecule has 1 N–H and O–H groups in total. The summed E-state index contributed by atoms with van der Waals surface area (Å²) < 4.78 is 10.1. The molecule has 0 spiro atoms. The first-order valence-corrected chi connectivity index (χ1v) is 9.43. The fourth-order valence-electron chi connectivity index (χ4n) is 2.36. The number of ether oxygens (including phenoxy) is 1. The van der Waals surface area contributed by atoms with Crippen molar-refractivity contribution in [3.63, 3.8) is 0 Å². The Balaban J connectivity index is 1.41. The van der Waals surface area contributed by atoms with Crippen LogP contribution in [-0.4, -0.2) is 28.6 Å². The number of carbonyl (C=O) groups excluding carboxylic acids is 2. The maximum atomic E-state index is 11.9. The van der Waals surface area contributed by atoms with Crippen molar-refractivity contribution in [1.82, 2.24) is 10.1 Å². The zero-order chi connectivity index (χ0) is 19.1. The van der Waals surface area contributed by atoms with Crippen LogP contribution in [0, 0.1) is 0 Å². The van der Waals surface area contributed by atoms with Crippen molar-refractivity contribution in [3.8, 4) is 10.7 Å². The molecule has 2 aromatic heterocycles. The molecule has 7 nitrogen and oxygen atoms in total. The van der Waals surface area contributed by atoms with Crippen molar-refractivity contribution < 1.29 is 18.8 Å². The number of rotatable bonds is 8. The number of hydrogen-bond donors (Lipinski definition) is 1. The number of anilines is 1. The number of nitrogens with one attached hydrogen (secondary N) is 1. The van der Waals surface area contributed by atoms with E-state index in [4.69, 9.17) is 9.26 Å². The lowest BCUT2D eigenvalue weighted by atomic mass is 10.1. The summed E-state index contributed by atoms with van der Waals surface area (Å²) in [6, 6.07) is 11.3. The molecule has 1 aromatic carbocycles. The molecule has 27 heavy (non-hydrogen) atoms. The summed E-state index contributed by atoms with van der Waals surface area (Å²) in [5.41, 5.74) is 1.80. The van der Waals surface area contributed by atoms with Crippen LogP contribution in [0.5, 0.6) is 0 Å². The van der Waals surface area contributed by atoms with Crippen molar-refractivity contribution >= 4 is 28.9 Å². The molecule has 0 fully saturated rings. The van der Waals surface area contributed by atoms with E-state index in [1.54, 1.807) is 6.07 Å². The summed E-state index contributed by atoms with van der Waals surface area (Å²) in [6.07, 6.45) is 1.20. The first kappa shape index (κ1) is 18.8. The standard InChI is InChI=1S/C19H19N3O4S/c1-2-13-5-3-6-14(11-13)20-16(23)12-25-18(24)9-8-17-21-19(22-26-17)15-7-4-10-27-15/h3-7,10-11H,2,8-9,12H2,1H3,(H,20,23). The quantitative estimate of drug-likeness (QED) is 0.597. The van der Waals surface area contributed by atoms with Crippen molar-refractivity contribution in [1.29, 1.82) is 0 Å². The summed E-state index contributed by atoms with van der Waals surface area (Å²) in [6.45, 7) is 1.70. The molecule has 140 valence electrons. The van der Waals surface area contributed by atoms with Crippen LogP contribution in [0.1, 0.15) is 24.8 Å². The number of carbonyl (C=O) groups is 2. The Morgan fingerprint density at radius 2 is 2.15 bits per heavy atom. The summed E-state index contributed by atoms with van der Waals surface area (Å²) in [7, 11) is 0. The molecule has 0 radical (unpaired) electrons. The lowest BCUT2D eigenvalue weighted by Gasteiger charge is -2.07. The minimum absolute atomic E-state index is 0.0602. The number of thiophene rings is 1. The van der Waals surface area contributed by atoms with Crippen molar-refractivity contribution in [3.05, 3.63) is 53.2 Å². The van der Waals surface area contributed by atoms with E-state index in [1.807, 2.05) is 42.6 Å². The van der Waals surface area contributed by atoms with Crippen LogP contribution < -0.4 is 5.32 Å². The Morgan fingerprint density at radius 3 is 2.93 bits per heavy atom. The number of amides is 1. The van der Waals surface area contributed by atoms with E-state index in [1.165, 1.54) is 11.3 Å². The van der Waals surface area contributed by atoms with Gasteiger partial charge in [0.1, 0.15) is 0 Å². The molecule has 0 aliphatic heterocycles. The van der Waals surface area contributed by atoms with Crippen LogP contribution >= 0.6 is 11.3 Å². The monoisotopic (exact) mass is 385 g/mol. The fourth-order valence-corrected chi connectivity index (χ4v) is 3.00. The second-order valence-corrected chi connectivity index (χ2v) is 6.70. The SMILES string of the molecule is CCc1cccc(NC(=O)COC(=O)CCc2nc(-c3cccs3)no2)c1. The number of aromatic nitrogens is 2. The molecule has 0 saturated heterocycles. The van der Waals surface area contributed by atoms with Gasteiger partial charge in [-0.1, -0.05) is 30.3 Å². The summed E-state index contributed by atoms with van der Waals surface area (Å²) in [5.74, 6) is -0.0176. The summed E-state index contributed by atoms with van der Waals surface area (Å²) >= 11 is 1.51. The van der Waals surface area contributed by atoms with Crippen LogP contribution in [0.15, 0.2) is 46.3 Å². The van der Waals surface area contributed by atoms with Gasteiger partial charge in [0.05, 0.1) is 11.3 Å². The molecule has 0 bridgehead atoms. The first-order chi connectivity index (χ1) is 13.1. The van der Waals surface area contributed by atoms with Gasteiger partial charge in [-0.3, -0.25) is 9.59 Å². The maximum absolute atomic E-state index is 11.9. The Morgan fingerprint density at radius 1 is 1.26 bits per heavy atom. The van der Waals surface area contributed by atoms with E-state index < -0.39 is 5.97 Å². The molecule has 0 aliphatic rings. The lowest BCUT2D eigenvalue weighted by Crippen LogP contribution is -2.21. The topological polar surface area (TPSA) is 94.3 Å². The van der Waals surface area contributed by atoms with Crippen LogP contribution in [-0.2, 0) is 27.2 Å². The number of nitrogens with zero attached hydrogens (tertiary/aromatic N) is 2. The Labute approximate surface area is 160 Å². The molecule has 0 saturated carbocycles. The second kappa shape index (κ2) is 9.09. The van der Waals surface area contributed by atoms with Crippen molar-refractivity contribution in [2.45, 2.75) is 26.2 Å². The third kappa shape index (κ3) is 5.49.